The Hall–Kier alpha value is -2.93. The highest BCUT2D eigenvalue weighted by Gasteiger charge is 2.21. The van der Waals surface area contributed by atoms with Crippen molar-refractivity contribution in [3.8, 4) is 0 Å². The van der Waals surface area contributed by atoms with Gasteiger partial charge in [0.15, 0.2) is 5.65 Å². The lowest BCUT2D eigenvalue weighted by atomic mass is 10.1. The molecular formula is C21H26N6O. The molecule has 1 aliphatic rings. The average molecular weight is 378 g/mol. The minimum atomic E-state index is -0.0172. The number of imidazole rings is 1. The van der Waals surface area contributed by atoms with Gasteiger partial charge in [-0.05, 0) is 37.6 Å². The highest BCUT2D eigenvalue weighted by atomic mass is 16.2. The van der Waals surface area contributed by atoms with Crippen molar-refractivity contribution in [1.82, 2.24) is 24.3 Å². The Balaban J connectivity index is 1.27. The Morgan fingerprint density at radius 3 is 2.68 bits per heavy atom. The van der Waals surface area contributed by atoms with Crippen molar-refractivity contribution >= 4 is 22.9 Å². The topological polar surface area (TPSA) is 66.3 Å². The molecule has 0 unspecified atom stereocenters. The molecule has 0 saturated carbocycles. The Kier molecular flexibility index (Phi) is 5.25. The van der Waals surface area contributed by atoms with E-state index in [2.05, 4.69) is 37.7 Å². The van der Waals surface area contributed by atoms with Gasteiger partial charge in [0.05, 0.1) is 6.33 Å². The number of benzene rings is 1. The number of piperazine rings is 1. The summed E-state index contributed by atoms with van der Waals surface area (Å²) >= 11 is 0. The van der Waals surface area contributed by atoms with E-state index in [1.165, 1.54) is 5.56 Å². The molecule has 3 heterocycles. The number of carbonyl (C=O) groups excluding carboxylic acids is 1. The summed E-state index contributed by atoms with van der Waals surface area (Å²) in [6.07, 6.45) is 3.65. The van der Waals surface area contributed by atoms with Gasteiger partial charge in [0.1, 0.15) is 5.52 Å². The van der Waals surface area contributed by atoms with Crippen molar-refractivity contribution in [2.75, 3.05) is 38.0 Å². The largest absolute Gasteiger partial charge is 0.322 e. The minimum Gasteiger partial charge on any atom is -0.322 e. The number of anilines is 1. The molecule has 4 rings (SSSR count). The van der Waals surface area contributed by atoms with Crippen molar-refractivity contribution in [3.63, 3.8) is 0 Å². The second-order valence-electron chi connectivity index (χ2n) is 7.36. The van der Waals surface area contributed by atoms with Crippen LogP contribution in [0.4, 0.5) is 10.5 Å². The smallest absolute Gasteiger partial charge is 0.321 e. The summed E-state index contributed by atoms with van der Waals surface area (Å²) in [6.45, 7) is 9.08. The maximum atomic E-state index is 12.6. The van der Waals surface area contributed by atoms with Crippen LogP contribution in [0.2, 0.25) is 0 Å². The number of hydrogen-bond donors (Lipinski definition) is 1. The monoisotopic (exact) mass is 378 g/mol. The molecule has 1 N–H and O–H groups in total. The van der Waals surface area contributed by atoms with E-state index in [1.807, 2.05) is 42.4 Å². The summed E-state index contributed by atoms with van der Waals surface area (Å²) in [4.78, 5) is 25.7. The van der Waals surface area contributed by atoms with E-state index in [-0.39, 0.29) is 6.03 Å². The highest BCUT2D eigenvalue weighted by Crippen LogP contribution is 2.17. The number of amides is 2. The van der Waals surface area contributed by atoms with Crippen LogP contribution in [0.25, 0.3) is 11.2 Å². The molecule has 0 aliphatic carbocycles. The number of urea groups is 1. The normalized spacial score (nSPS) is 15.1. The number of pyridine rings is 1. The van der Waals surface area contributed by atoms with Gasteiger partial charge in [-0.1, -0.05) is 17.7 Å². The van der Waals surface area contributed by atoms with E-state index in [0.29, 0.717) is 0 Å². The Labute approximate surface area is 165 Å². The first-order chi connectivity index (χ1) is 13.6. The van der Waals surface area contributed by atoms with Crippen molar-refractivity contribution < 1.29 is 4.79 Å². The quantitative estimate of drug-likeness (QED) is 0.758. The summed E-state index contributed by atoms with van der Waals surface area (Å²) in [5, 5.41) is 3.04. The molecule has 0 spiro atoms. The SMILES string of the molecule is Cc1ccc(NC(=O)N2CCN(CCn3cnc4cccnc43)CC2)c(C)c1. The third kappa shape index (κ3) is 3.99. The predicted molar refractivity (Wildman–Crippen MR) is 110 cm³/mol. The van der Waals surface area contributed by atoms with Gasteiger partial charge in [0.25, 0.3) is 0 Å². The highest BCUT2D eigenvalue weighted by molar-refractivity contribution is 5.90. The molecule has 2 amide bonds. The molecule has 28 heavy (non-hydrogen) atoms. The number of rotatable bonds is 4. The fourth-order valence-corrected chi connectivity index (χ4v) is 3.63. The molecule has 146 valence electrons. The van der Waals surface area contributed by atoms with Gasteiger partial charge in [0.2, 0.25) is 0 Å². The van der Waals surface area contributed by atoms with E-state index in [1.54, 1.807) is 6.20 Å². The predicted octanol–water partition coefficient (Wildman–Crippen LogP) is 2.90. The Morgan fingerprint density at radius 1 is 1.07 bits per heavy atom. The van der Waals surface area contributed by atoms with Crippen molar-refractivity contribution in [1.29, 1.82) is 0 Å². The van der Waals surface area contributed by atoms with Gasteiger partial charge in [-0.2, -0.15) is 0 Å². The van der Waals surface area contributed by atoms with Gasteiger partial charge in [-0.3, -0.25) is 4.90 Å². The molecule has 0 radical (unpaired) electrons. The molecule has 1 fully saturated rings. The zero-order valence-electron chi connectivity index (χ0n) is 16.4. The number of aryl methyl sites for hydroxylation is 2. The van der Waals surface area contributed by atoms with Crippen LogP contribution in [0.15, 0.2) is 42.9 Å². The van der Waals surface area contributed by atoms with Crippen LogP contribution in [0.1, 0.15) is 11.1 Å². The van der Waals surface area contributed by atoms with E-state index < -0.39 is 0 Å². The fourth-order valence-electron chi connectivity index (χ4n) is 3.63. The van der Waals surface area contributed by atoms with Crippen LogP contribution in [0.5, 0.6) is 0 Å². The van der Waals surface area contributed by atoms with Crippen molar-refractivity contribution in [2.24, 2.45) is 0 Å². The summed E-state index contributed by atoms with van der Waals surface area (Å²) < 4.78 is 2.09. The summed E-state index contributed by atoms with van der Waals surface area (Å²) in [7, 11) is 0. The van der Waals surface area contributed by atoms with Crippen LogP contribution in [0, 0.1) is 13.8 Å². The Bertz CT molecular complexity index is 974. The standard InChI is InChI=1S/C21H26N6O/c1-16-5-6-18(17(2)14-16)24-21(28)26-11-8-25(9-12-26)10-13-27-15-23-19-4-3-7-22-20(19)27/h3-7,14-15H,8-13H2,1-2H3,(H,24,28). The molecule has 3 aromatic rings. The van der Waals surface area contributed by atoms with E-state index in [4.69, 9.17) is 0 Å². The Morgan fingerprint density at radius 2 is 1.89 bits per heavy atom. The maximum Gasteiger partial charge on any atom is 0.321 e. The second kappa shape index (κ2) is 7.98. The van der Waals surface area contributed by atoms with Crippen LogP contribution in [-0.4, -0.2) is 63.1 Å². The number of aromatic nitrogens is 3. The lowest BCUT2D eigenvalue weighted by Crippen LogP contribution is -2.50. The van der Waals surface area contributed by atoms with Crippen LogP contribution in [-0.2, 0) is 6.54 Å². The first-order valence-electron chi connectivity index (χ1n) is 9.71. The zero-order chi connectivity index (χ0) is 19.5. The van der Waals surface area contributed by atoms with Crippen LogP contribution < -0.4 is 5.32 Å². The third-order valence-corrected chi connectivity index (χ3v) is 5.31. The molecule has 1 aliphatic heterocycles. The molecule has 1 aromatic carbocycles. The number of carbonyl (C=O) groups is 1. The van der Waals surface area contributed by atoms with Gasteiger partial charge >= 0.3 is 6.03 Å². The fraction of sp³-hybridized carbons (Fsp3) is 0.381. The van der Waals surface area contributed by atoms with Crippen molar-refractivity contribution in [2.45, 2.75) is 20.4 Å². The summed E-state index contributed by atoms with van der Waals surface area (Å²) in [5.41, 5.74) is 5.03. The number of nitrogens with one attached hydrogen (secondary N) is 1. The first kappa shape index (κ1) is 18.4. The van der Waals surface area contributed by atoms with Crippen LogP contribution in [0.3, 0.4) is 0 Å². The molecule has 7 heteroatoms. The lowest BCUT2D eigenvalue weighted by Gasteiger charge is -2.34. The second-order valence-corrected chi connectivity index (χ2v) is 7.36. The molecule has 1 saturated heterocycles. The minimum absolute atomic E-state index is 0.0172. The molecule has 0 atom stereocenters. The maximum absolute atomic E-state index is 12.6. The molecular weight excluding hydrogens is 352 g/mol. The van der Waals surface area contributed by atoms with E-state index in [0.717, 1.165) is 61.7 Å². The van der Waals surface area contributed by atoms with Crippen molar-refractivity contribution in [3.05, 3.63) is 54.0 Å². The third-order valence-electron chi connectivity index (χ3n) is 5.31. The van der Waals surface area contributed by atoms with Gasteiger partial charge in [-0.15, -0.1) is 0 Å². The van der Waals surface area contributed by atoms with Gasteiger partial charge in [0, 0.05) is 51.2 Å². The summed E-state index contributed by atoms with van der Waals surface area (Å²) in [6, 6.07) is 9.95. The average Bonchev–Trinajstić information content (AvgIpc) is 3.12. The van der Waals surface area contributed by atoms with Gasteiger partial charge < -0.3 is 14.8 Å². The first-order valence-corrected chi connectivity index (χ1v) is 9.71. The van der Waals surface area contributed by atoms with Crippen LogP contribution >= 0.6 is 0 Å². The zero-order valence-corrected chi connectivity index (χ0v) is 16.4. The number of nitrogens with zero attached hydrogens (tertiary/aromatic N) is 5. The molecule has 2 aromatic heterocycles. The molecule has 7 nitrogen and oxygen atoms in total. The van der Waals surface area contributed by atoms with Gasteiger partial charge in [-0.25, -0.2) is 14.8 Å². The molecule has 0 bridgehead atoms. The van der Waals surface area contributed by atoms with E-state index in [9.17, 15) is 4.79 Å². The van der Waals surface area contributed by atoms with E-state index >= 15 is 0 Å². The lowest BCUT2D eigenvalue weighted by molar-refractivity contribution is 0.144. The summed E-state index contributed by atoms with van der Waals surface area (Å²) in [5.74, 6) is 0. The number of hydrogen-bond acceptors (Lipinski definition) is 4. The number of fused-ring (bicyclic) bond motifs is 1.